The summed E-state index contributed by atoms with van der Waals surface area (Å²) in [6.45, 7) is 0. The van der Waals surface area contributed by atoms with Gasteiger partial charge in [0, 0.05) is 11.1 Å². The summed E-state index contributed by atoms with van der Waals surface area (Å²) in [5.74, 6) is 0.209. The number of benzene rings is 1. The molecule has 2 unspecified atom stereocenters. The molecule has 19 heavy (non-hydrogen) atoms. The highest BCUT2D eigenvalue weighted by atomic mass is 35.5. The maximum atomic E-state index is 13.6. The fraction of sp³-hybridized carbons (Fsp3) is 0.538. The maximum absolute atomic E-state index is 13.6. The van der Waals surface area contributed by atoms with Crippen LogP contribution in [0.2, 0.25) is 5.02 Å². The van der Waals surface area contributed by atoms with E-state index in [1.54, 1.807) is 12.1 Å². The summed E-state index contributed by atoms with van der Waals surface area (Å²) in [7, 11) is -2.87. The third kappa shape index (κ3) is 4.16. The van der Waals surface area contributed by atoms with Crippen LogP contribution in [0.25, 0.3) is 0 Å². The first-order valence-electron chi connectivity index (χ1n) is 6.25. The summed E-state index contributed by atoms with van der Waals surface area (Å²) >= 11 is 5.68. The van der Waals surface area contributed by atoms with Crippen molar-refractivity contribution in [2.24, 2.45) is 11.7 Å². The molecule has 0 saturated carbocycles. The minimum atomic E-state index is -2.87. The zero-order chi connectivity index (χ0) is 14.0. The van der Waals surface area contributed by atoms with Crippen molar-refractivity contribution in [3.05, 3.63) is 34.6 Å². The SMILES string of the molecule is NC(Cc1ccc(Cl)cc1F)CC1CCS(=O)(=O)C1. The molecule has 0 spiro atoms. The molecule has 2 N–H and O–H groups in total. The number of hydrogen-bond donors (Lipinski definition) is 1. The fourth-order valence-electron chi connectivity index (χ4n) is 2.54. The number of nitrogens with two attached hydrogens (primary N) is 1. The topological polar surface area (TPSA) is 60.2 Å². The van der Waals surface area contributed by atoms with E-state index < -0.39 is 9.84 Å². The van der Waals surface area contributed by atoms with Gasteiger partial charge >= 0.3 is 0 Å². The Balaban J connectivity index is 1.93. The van der Waals surface area contributed by atoms with Crippen molar-refractivity contribution in [3.8, 4) is 0 Å². The minimum absolute atomic E-state index is 0.107. The molecule has 1 saturated heterocycles. The molecule has 0 aromatic heterocycles. The number of halogens is 2. The highest BCUT2D eigenvalue weighted by Gasteiger charge is 2.29. The molecule has 106 valence electrons. The van der Waals surface area contributed by atoms with Crippen LogP contribution in [0.4, 0.5) is 4.39 Å². The average molecular weight is 306 g/mol. The van der Waals surface area contributed by atoms with E-state index in [2.05, 4.69) is 0 Å². The Labute approximate surface area is 117 Å². The molecule has 1 aliphatic rings. The zero-order valence-electron chi connectivity index (χ0n) is 10.5. The Morgan fingerprint density at radius 2 is 2.21 bits per heavy atom. The van der Waals surface area contributed by atoms with Gasteiger partial charge in [0.05, 0.1) is 11.5 Å². The predicted molar refractivity (Wildman–Crippen MR) is 74.5 cm³/mol. The first-order valence-corrected chi connectivity index (χ1v) is 8.45. The fourth-order valence-corrected chi connectivity index (χ4v) is 4.58. The van der Waals surface area contributed by atoms with Crippen molar-refractivity contribution in [3.63, 3.8) is 0 Å². The summed E-state index contributed by atoms with van der Waals surface area (Å²) in [6.07, 6.45) is 1.68. The highest BCUT2D eigenvalue weighted by Crippen LogP contribution is 2.24. The number of hydrogen-bond acceptors (Lipinski definition) is 3. The molecule has 3 nitrogen and oxygen atoms in total. The molecule has 0 bridgehead atoms. The lowest BCUT2D eigenvalue weighted by molar-refractivity contribution is 0.462. The van der Waals surface area contributed by atoms with Crippen molar-refractivity contribution in [2.45, 2.75) is 25.3 Å². The molecular weight excluding hydrogens is 289 g/mol. The second-order valence-electron chi connectivity index (χ2n) is 5.20. The largest absolute Gasteiger partial charge is 0.327 e. The van der Waals surface area contributed by atoms with E-state index in [1.807, 2.05) is 0 Å². The summed E-state index contributed by atoms with van der Waals surface area (Å²) in [6, 6.07) is 4.30. The number of sulfone groups is 1. The molecule has 1 aliphatic heterocycles. The molecule has 6 heteroatoms. The second-order valence-corrected chi connectivity index (χ2v) is 7.87. The van der Waals surface area contributed by atoms with E-state index in [0.29, 0.717) is 29.8 Å². The van der Waals surface area contributed by atoms with Crippen LogP contribution >= 0.6 is 11.6 Å². The summed E-state index contributed by atoms with van der Waals surface area (Å²) in [5.41, 5.74) is 6.51. The highest BCUT2D eigenvalue weighted by molar-refractivity contribution is 7.91. The molecule has 0 aliphatic carbocycles. The Morgan fingerprint density at radius 3 is 2.79 bits per heavy atom. The van der Waals surface area contributed by atoms with E-state index in [0.717, 1.165) is 0 Å². The molecule has 0 radical (unpaired) electrons. The first kappa shape index (κ1) is 14.8. The summed E-state index contributed by atoms with van der Waals surface area (Å²) in [4.78, 5) is 0. The summed E-state index contributed by atoms with van der Waals surface area (Å²) < 4.78 is 36.3. The van der Waals surface area contributed by atoms with Crippen LogP contribution in [0.5, 0.6) is 0 Å². The van der Waals surface area contributed by atoms with Gasteiger partial charge in [0.1, 0.15) is 5.82 Å². The van der Waals surface area contributed by atoms with Gasteiger partial charge in [0.15, 0.2) is 9.84 Å². The van der Waals surface area contributed by atoms with Gasteiger partial charge < -0.3 is 5.73 Å². The Bertz CT molecular complexity index is 562. The van der Waals surface area contributed by atoms with E-state index >= 15 is 0 Å². The standard InChI is InChI=1S/C13H17ClFNO2S/c14-11-2-1-10(13(15)7-11)6-12(16)5-9-3-4-19(17,18)8-9/h1-2,7,9,12H,3-6,8,16H2. The van der Waals surface area contributed by atoms with Crippen LogP contribution < -0.4 is 5.73 Å². The Morgan fingerprint density at radius 1 is 1.47 bits per heavy atom. The van der Waals surface area contributed by atoms with Crippen molar-refractivity contribution in [2.75, 3.05) is 11.5 Å². The van der Waals surface area contributed by atoms with Crippen LogP contribution in [0.15, 0.2) is 18.2 Å². The molecule has 1 aromatic carbocycles. The average Bonchev–Trinajstić information content (AvgIpc) is 2.62. The van der Waals surface area contributed by atoms with Gasteiger partial charge in [-0.15, -0.1) is 0 Å². The quantitative estimate of drug-likeness (QED) is 0.927. The molecule has 2 rings (SSSR count). The lowest BCUT2D eigenvalue weighted by Gasteiger charge is -2.16. The van der Waals surface area contributed by atoms with Crippen LogP contribution in [0, 0.1) is 11.7 Å². The normalized spacial score (nSPS) is 23.4. The van der Waals surface area contributed by atoms with Crippen molar-refractivity contribution in [1.82, 2.24) is 0 Å². The Kier molecular flexibility index (Phi) is 4.48. The third-order valence-corrected chi connectivity index (χ3v) is 5.53. The predicted octanol–water partition coefficient (Wildman–Crippen LogP) is 2.17. The smallest absolute Gasteiger partial charge is 0.150 e. The van der Waals surface area contributed by atoms with Gasteiger partial charge in [-0.05, 0) is 42.9 Å². The van der Waals surface area contributed by atoms with Crippen molar-refractivity contribution in [1.29, 1.82) is 0 Å². The van der Waals surface area contributed by atoms with Crippen LogP contribution in [-0.2, 0) is 16.3 Å². The molecular formula is C13H17ClFNO2S. The van der Waals surface area contributed by atoms with Gasteiger partial charge in [-0.2, -0.15) is 0 Å². The Hall–Kier alpha value is -0.650. The number of rotatable bonds is 4. The van der Waals surface area contributed by atoms with Gasteiger partial charge in [-0.3, -0.25) is 0 Å². The van der Waals surface area contributed by atoms with Crippen LogP contribution in [0.1, 0.15) is 18.4 Å². The third-order valence-electron chi connectivity index (χ3n) is 3.46. The van der Waals surface area contributed by atoms with Gasteiger partial charge in [0.2, 0.25) is 0 Å². The molecule has 2 atom stereocenters. The van der Waals surface area contributed by atoms with E-state index in [4.69, 9.17) is 17.3 Å². The minimum Gasteiger partial charge on any atom is -0.327 e. The van der Waals surface area contributed by atoms with Gasteiger partial charge in [0.25, 0.3) is 0 Å². The maximum Gasteiger partial charge on any atom is 0.150 e. The van der Waals surface area contributed by atoms with E-state index in [1.165, 1.54) is 6.07 Å². The molecule has 1 fully saturated rings. The van der Waals surface area contributed by atoms with Crippen molar-refractivity contribution < 1.29 is 12.8 Å². The second kappa shape index (κ2) is 5.77. The first-order chi connectivity index (χ1) is 8.85. The lowest BCUT2D eigenvalue weighted by atomic mass is 9.95. The lowest BCUT2D eigenvalue weighted by Crippen LogP contribution is -2.27. The molecule has 0 amide bonds. The van der Waals surface area contributed by atoms with Gasteiger partial charge in [-0.1, -0.05) is 17.7 Å². The van der Waals surface area contributed by atoms with Crippen molar-refractivity contribution >= 4 is 21.4 Å². The monoisotopic (exact) mass is 305 g/mol. The molecule has 1 heterocycles. The van der Waals surface area contributed by atoms with Crippen LogP contribution in [0.3, 0.4) is 0 Å². The zero-order valence-corrected chi connectivity index (χ0v) is 12.1. The summed E-state index contributed by atoms with van der Waals surface area (Å²) in [5, 5.41) is 0.358. The van der Waals surface area contributed by atoms with E-state index in [9.17, 15) is 12.8 Å². The van der Waals surface area contributed by atoms with Crippen LogP contribution in [-0.4, -0.2) is 26.0 Å². The van der Waals surface area contributed by atoms with Gasteiger partial charge in [-0.25, -0.2) is 12.8 Å². The van der Waals surface area contributed by atoms with E-state index in [-0.39, 0.29) is 29.3 Å². The molecule has 1 aromatic rings.